The van der Waals surface area contributed by atoms with Crippen LogP contribution in [0.5, 0.6) is 0 Å². The molecular formula is C14H26N2O3S. The van der Waals surface area contributed by atoms with Crippen LogP contribution in [0.25, 0.3) is 0 Å². The van der Waals surface area contributed by atoms with Gasteiger partial charge in [-0.05, 0) is 18.1 Å². The van der Waals surface area contributed by atoms with Crippen molar-refractivity contribution in [2.24, 2.45) is 5.92 Å². The molecule has 0 bridgehead atoms. The molecule has 0 aliphatic rings. The SMILES string of the molecule is CCC(CC)CNS(=O)(=O)c1ccc(CNC(C)C)o1. The second-order valence-corrected chi connectivity index (χ2v) is 6.99. The summed E-state index contributed by atoms with van der Waals surface area (Å²) in [4.78, 5) is 0. The molecule has 0 amide bonds. The van der Waals surface area contributed by atoms with Gasteiger partial charge in [-0.25, -0.2) is 13.1 Å². The molecule has 1 aromatic rings. The zero-order valence-corrected chi connectivity index (χ0v) is 13.6. The Hall–Kier alpha value is -0.850. The Balaban J connectivity index is 2.63. The summed E-state index contributed by atoms with van der Waals surface area (Å²) >= 11 is 0. The predicted octanol–water partition coefficient (Wildman–Crippen LogP) is 2.49. The largest absolute Gasteiger partial charge is 0.447 e. The molecule has 0 unspecified atom stereocenters. The van der Waals surface area contributed by atoms with Gasteiger partial charge in [0.15, 0.2) is 0 Å². The highest BCUT2D eigenvalue weighted by Crippen LogP contribution is 2.15. The molecule has 116 valence electrons. The standard InChI is InChI=1S/C14H26N2O3S/c1-5-12(6-2)9-16-20(17,18)14-8-7-13(19-14)10-15-11(3)4/h7-8,11-12,15-16H,5-6,9-10H2,1-4H3. The van der Waals surface area contributed by atoms with Crippen LogP contribution >= 0.6 is 0 Å². The van der Waals surface area contributed by atoms with E-state index in [0.29, 0.717) is 30.8 Å². The number of rotatable bonds is 9. The average Bonchev–Trinajstić information content (AvgIpc) is 2.87. The Morgan fingerprint density at radius 2 is 1.85 bits per heavy atom. The van der Waals surface area contributed by atoms with Gasteiger partial charge in [-0.2, -0.15) is 0 Å². The summed E-state index contributed by atoms with van der Waals surface area (Å²) in [5.74, 6) is 0.989. The average molecular weight is 302 g/mol. The van der Waals surface area contributed by atoms with Gasteiger partial charge in [-0.15, -0.1) is 0 Å². The molecule has 1 heterocycles. The molecule has 0 aliphatic heterocycles. The van der Waals surface area contributed by atoms with Crippen LogP contribution in [0, 0.1) is 5.92 Å². The Kier molecular flexibility index (Phi) is 6.71. The number of hydrogen-bond acceptors (Lipinski definition) is 4. The second kappa shape index (κ2) is 7.81. The first-order chi connectivity index (χ1) is 9.39. The molecule has 0 aromatic carbocycles. The number of nitrogens with one attached hydrogen (secondary N) is 2. The molecule has 5 nitrogen and oxygen atoms in total. The van der Waals surface area contributed by atoms with Gasteiger partial charge in [0.2, 0.25) is 5.09 Å². The van der Waals surface area contributed by atoms with Gasteiger partial charge in [-0.1, -0.05) is 40.5 Å². The fraction of sp³-hybridized carbons (Fsp3) is 0.714. The molecule has 6 heteroatoms. The van der Waals surface area contributed by atoms with Crippen LogP contribution in [0.15, 0.2) is 21.6 Å². The fourth-order valence-electron chi connectivity index (χ4n) is 1.78. The topological polar surface area (TPSA) is 71.3 Å². The molecule has 2 N–H and O–H groups in total. The molecule has 1 aromatic heterocycles. The van der Waals surface area contributed by atoms with Crippen LogP contribution in [-0.4, -0.2) is 21.0 Å². The van der Waals surface area contributed by atoms with Gasteiger partial charge in [-0.3, -0.25) is 0 Å². The van der Waals surface area contributed by atoms with Gasteiger partial charge in [0.1, 0.15) is 5.76 Å². The van der Waals surface area contributed by atoms with Gasteiger partial charge in [0, 0.05) is 12.6 Å². The van der Waals surface area contributed by atoms with Crippen molar-refractivity contribution >= 4 is 10.0 Å². The molecular weight excluding hydrogens is 276 g/mol. The van der Waals surface area contributed by atoms with Crippen molar-refractivity contribution in [3.05, 3.63) is 17.9 Å². The van der Waals surface area contributed by atoms with Crippen LogP contribution < -0.4 is 10.0 Å². The minimum absolute atomic E-state index is 0.0102. The van der Waals surface area contributed by atoms with E-state index in [9.17, 15) is 8.42 Å². The van der Waals surface area contributed by atoms with Crippen LogP contribution in [0.1, 0.15) is 46.3 Å². The summed E-state index contributed by atoms with van der Waals surface area (Å²) < 4.78 is 32.2. The number of furan rings is 1. The highest BCUT2D eigenvalue weighted by Gasteiger charge is 2.19. The van der Waals surface area contributed by atoms with Crippen molar-refractivity contribution in [3.63, 3.8) is 0 Å². The van der Waals surface area contributed by atoms with Gasteiger partial charge in [0.05, 0.1) is 6.54 Å². The lowest BCUT2D eigenvalue weighted by molar-refractivity contribution is 0.390. The normalized spacial score (nSPS) is 12.5. The minimum Gasteiger partial charge on any atom is -0.447 e. The predicted molar refractivity (Wildman–Crippen MR) is 79.9 cm³/mol. The van der Waals surface area contributed by atoms with E-state index in [-0.39, 0.29) is 5.09 Å². The number of sulfonamides is 1. The van der Waals surface area contributed by atoms with Gasteiger partial charge in [0.25, 0.3) is 10.0 Å². The third-order valence-corrected chi connectivity index (χ3v) is 4.60. The molecule has 20 heavy (non-hydrogen) atoms. The maximum Gasteiger partial charge on any atom is 0.273 e. The van der Waals surface area contributed by atoms with Crippen LogP contribution in [0.4, 0.5) is 0 Å². The molecule has 0 saturated carbocycles. The van der Waals surface area contributed by atoms with Crippen molar-refractivity contribution in [2.45, 2.75) is 58.2 Å². The van der Waals surface area contributed by atoms with Crippen LogP contribution in [0.3, 0.4) is 0 Å². The summed E-state index contributed by atoms with van der Waals surface area (Å²) in [6.45, 7) is 9.15. The van der Waals surface area contributed by atoms with E-state index in [0.717, 1.165) is 12.8 Å². The first-order valence-corrected chi connectivity index (χ1v) is 8.69. The lowest BCUT2D eigenvalue weighted by atomic mass is 10.0. The van der Waals surface area contributed by atoms with Crippen molar-refractivity contribution in [1.29, 1.82) is 0 Å². The summed E-state index contributed by atoms with van der Waals surface area (Å²) in [6.07, 6.45) is 1.92. The van der Waals surface area contributed by atoms with Crippen LogP contribution in [0.2, 0.25) is 0 Å². The van der Waals surface area contributed by atoms with Gasteiger partial charge >= 0.3 is 0 Å². The summed E-state index contributed by atoms with van der Waals surface area (Å²) in [5.41, 5.74) is 0. The monoisotopic (exact) mass is 302 g/mol. The third kappa shape index (κ3) is 5.26. The maximum atomic E-state index is 12.1. The summed E-state index contributed by atoms with van der Waals surface area (Å²) in [7, 11) is -3.54. The fourth-order valence-corrected chi connectivity index (χ4v) is 2.84. The highest BCUT2D eigenvalue weighted by molar-refractivity contribution is 7.89. The third-order valence-electron chi connectivity index (χ3n) is 3.30. The Bertz CT molecular complexity index is 490. The van der Waals surface area contributed by atoms with E-state index in [1.807, 2.05) is 13.8 Å². The quantitative estimate of drug-likeness (QED) is 0.735. The van der Waals surface area contributed by atoms with E-state index < -0.39 is 10.0 Å². The number of hydrogen-bond donors (Lipinski definition) is 2. The zero-order chi connectivity index (χ0) is 15.2. The smallest absolute Gasteiger partial charge is 0.273 e. The molecule has 0 atom stereocenters. The van der Waals surface area contributed by atoms with E-state index in [1.54, 1.807) is 6.07 Å². The van der Waals surface area contributed by atoms with E-state index in [4.69, 9.17) is 4.42 Å². The molecule has 0 fully saturated rings. The molecule has 0 spiro atoms. The van der Waals surface area contributed by atoms with E-state index in [1.165, 1.54) is 6.07 Å². The van der Waals surface area contributed by atoms with Crippen molar-refractivity contribution < 1.29 is 12.8 Å². The van der Waals surface area contributed by atoms with Gasteiger partial charge < -0.3 is 9.73 Å². The molecule has 0 aliphatic carbocycles. The first-order valence-electron chi connectivity index (χ1n) is 7.20. The Morgan fingerprint density at radius 1 is 1.20 bits per heavy atom. The second-order valence-electron chi connectivity index (χ2n) is 5.29. The summed E-state index contributed by atoms with van der Waals surface area (Å²) in [6, 6.07) is 3.53. The molecule has 0 saturated heterocycles. The lowest BCUT2D eigenvalue weighted by Crippen LogP contribution is -2.28. The van der Waals surface area contributed by atoms with E-state index >= 15 is 0 Å². The first kappa shape index (κ1) is 17.2. The molecule has 0 radical (unpaired) electrons. The zero-order valence-electron chi connectivity index (χ0n) is 12.8. The molecule has 1 rings (SSSR count). The highest BCUT2D eigenvalue weighted by atomic mass is 32.2. The minimum atomic E-state index is -3.54. The van der Waals surface area contributed by atoms with Crippen molar-refractivity contribution in [2.75, 3.05) is 6.54 Å². The van der Waals surface area contributed by atoms with E-state index in [2.05, 4.69) is 23.9 Å². The maximum absolute atomic E-state index is 12.1. The lowest BCUT2D eigenvalue weighted by Gasteiger charge is -2.12. The Labute approximate surface area is 122 Å². The summed E-state index contributed by atoms with van der Waals surface area (Å²) in [5, 5.41) is 3.18. The van der Waals surface area contributed by atoms with Crippen LogP contribution in [-0.2, 0) is 16.6 Å². The Morgan fingerprint density at radius 3 is 2.40 bits per heavy atom. The van der Waals surface area contributed by atoms with Crippen molar-refractivity contribution in [3.8, 4) is 0 Å². The van der Waals surface area contributed by atoms with Crippen molar-refractivity contribution in [1.82, 2.24) is 10.0 Å².